The van der Waals surface area contributed by atoms with Gasteiger partial charge in [0.1, 0.15) is 5.52 Å². The number of benzene rings is 1. The van der Waals surface area contributed by atoms with Crippen molar-refractivity contribution in [3.05, 3.63) is 36.5 Å². The number of aromatic amines is 1. The largest absolute Gasteiger partial charge is 0.443 e. The highest BCUT2D eigenvalue weighted by molar-refractivity contribution is 5.80. The normalized spacial score (nSPS) is 19.3. The summed E-state index contributed by atoms with van der Waals surface area (Å²) in [6.07, 6.45) is 5.72. The first-order valence-corrected chi connectivity index (χ1v) is 6.52. The van der Waals surface area contributed by atoms with Crippen LogP contribution in [-0.2, 0) is 0 Å². The van der Waals surface area contributed by atoms with Crippen LogP contribution >= 0.6 is 0 Å². The molecule has 0 amide bonds. The Bertz CT molecular complexity index is 709. The number of hydrogen-bond acceptors (Lipinski definition) is 4. The van der Waals surface area contributed by atoms with Crippen molar-refractivity contribution in [2.75, 3.05) is 6.54 Å². The van der Waals surface area contributed by atoms with Gasteiger partial charge in [0, 0.05) is 11.6 Å². The molecule has 1 fully saturated rings. The second-order valence-corrected chi connectivity index (χ2v) is 4.88. The zero-order valence-electron chi connectivity index (χ0n) is 10.4. The van der Waals surface area contributed by atoms with Crippen LogP contribution in [0, 0.1) is 0 Å². The van der Waals surface area contributed by atoms with Crippen molar-refractivity contribution in [1.29, 1.82) is 0 Å². The summed E-state index contributed by atoms with van der Waals surface area (Å²) in [5.74, 6) is 0. The Kier molecular flexibility index (Phi) is 2.38. The maximum absolute atomic E-state index is 5.36. The number of fused-ring (bicyclic) bond motifs is 1. The van der Waals surface area contributed by atoms with Crippen LogP contribution in [0.1, 0.15) is 24.6 Å². The van der Waals surface area contributed by atoms with Gasteiger partial charge in [0.25, 0.3) is 0 Å². The molecule has 19 heavy (non-hydrogen) atoms. The van der Waals surface area contributed by atoms with Gasteiger partial charge in [-0.15, -0.1) is 0 Å². The molecule has 5 nitrogen and oxygen atoms in total. The van der Waals surface area contributed by atoms with Crippen LogP contribution < -0.4 is 5.32 Å². The number of H-pyrrole nitrogens is 1. The summed E-state index contributed by atoms with van der Waals surface area (Å²) in [5, 5.41) is 10.8. The van der Waals surface area contributed by atoms with Gasteiger partial charge in [-0.2, -0.15) is 5.10 Å². The van der Waals surface area contributed by atoms with Gasteiger partial charge in [0.2, 0.25) is 0 Å². The fraction of sp³-hybridized carbons (Fsp3) is 0.286. The minimum atomic E-state index is 0.378. The Morgan fingerprint density at radius 3 is 3.21 bits per heavy atom. The minimum absolute atomic E-state index is 0.378. The molecule has 2 N–H and O–H groups in total. The maximum atomic E-state index is 5.36. The van der Waals surface area contributed by atoms with E-state index in [9.17, 15) is 0 Å². The predicted molar refractivity (Wildman–Crippen MR) is 71.6 cm³/mol. The Hall–Kier alpha value is -2.14. The first kappa shape index (κ1) is 10.8. The van der Waals surface area contributed by atoms with E-state index < -0.39 is 0 Å². The number of oxazole rings is 1. The first-order valence-electron chi connectivity index (χ1n) is 6.52. The first-order chi connectivity index (χ1) is 9.42. The fourth-order valence-electron chi connectivity index (χ4n) is 2.75. The molecule has 3 heterocycles. The van der Waals surface area contributed by atoms with Crippen LogP contribution in [0.3, 0.4) is 0 Å². The van der Waals surface area contributed by atoms with Gasteiger partial charge in [-0.3, -0.25) is 5.10 Å². The van der Waals surface area contributed by atoms with Gasteiger partial charge in [0.05, 0.1) is 11.9 Å². The monoisotopic (exact) mass is 254 g/mol. The molecule has 0 radical (unpaired) electrons. The van der Waals surface area contributed by atoms with Crippen molar-refractivity contribution in [2.45, 2.75) is 18.9 Å². The lowest BCUT2D eigenvalue weighted by Gasteiger charge is -2.10. The third kappa shape index (κ3) is 1.74. The van der Waals surface area contributed by atoms with Gasteiger partial charge < -0.3 is 9.73 Å². The van der Waals surface area contributed by atoms with E-state index in [0.29, 0.717) is 6.04 Å². The van der Waals surface area contributed by atoms with Crippen LogP contribution in [0.4, 0.5) is 0 Å². The van der Waals surface area contributed by atoms with E-state index in [0.717, 1.165) is 40.9 Å². The zero-order valence-corrected chi connectivity index (χ0v) is 10.4. The van der Waals surface area contributed by atoms with Crippen LogP contribution in [0.15, 0.2) is 35.2 Å². The standard InChI is InChI=1S/C14H14N4O/c1-2-12(15-5-1)14-10(7-17-18-14)9-3-4-11-13(6-9)19-8-16-11/h3-4,6-8,12,15H,1-2,5H2,(H,17,18). The van der Waals surface area contributed by atoms with Crippen molar-refractivity contribution in [1.82, 2.24) is 20.5 Å². The molecule has 1 unspecified atom stereocenters. The van der Waals surface area contributed by atoms with Crippen molar-refractivity contribution in [2.24, 2.45) is 0 Å². The number of aromatic nitrogens is 3. The summed E-state index contributed by atoms with van der Waals surface area (Å²) < 4.78 is 5.36. The van der Waals surface area contributed by atoms with Crippen LogP contribution in [-0.4, -0.2) is 21.7 Å². The van der Waals surface area contributed by atoms with Crippen LogP contribution in [0.25, 0.3) is 22.2 Å². The van der Waals surface area contributed by atoms with Crippen molar-refractivity contribution in [3.63, 3.8) is 0 Å². The van der Waals surface area contributed by atoms with Crippen LogP contribution in [0.5, 0.6) is 0 Å². The fourth-order valence-corrected chi connectivity index (χ4v) is 2.75. The molecule has 5 heteroatoms. The average molecular weight is 254 g/mol. The quantitative estimate of drug-likeness (QED) is 0.737. The molecule has 1 aliphatic heterocycles. The summed E-state index contributed by atoms with van der Waals surface area (Å²) in [4.78, 5) is 4.14. The molecule has 96 valence electrons. The second kappa shape index (κ2) is 4.20. The van der Waals surface area contributed by atoms with E-state index in [2.05, 4.69) is 26.6 Å². The number of nitrogens with one attached hydrogen (secondary N) is 2. The molecule has 1 atom stereocenters. The van der Waals surface area contributed by atoms with E-state index >= 15 is 0 Å². The van der Waals surface area contributed by atoms with E-state index in [1.807, 2.05) is 18.3 Å². The molecule has 1 aliphatic rings. The van der Waals surface area contributed by atoms with Crippen molar-refractivity contribution in [3.8, 4) is 11.1 Å². The molecular formula is C14H14N4O. The molecule has 3 aromatic rings. The molecule has 0 saturated carbocycles. The van der Waals surface area contributed by atoms with Gasteiger partial charge >= 0.3 is 0 Å². The lowest BCUT2D eigenvalue weighted by atomic mass is 10.0. The third-order valence-corrected chi connectivity index (χ3v) is 3.72. The van der Waals surface area contributed by atoms with Crippen LogP contribution in [0.2, 0.25) is 0 Å². The van der Waals surface area contributed by atoms with Crippen molar-refractivity contribution < 1.29 is 4.42 Å². The summed E-state index contributed by atoms with van der Waals surface area (Å²) in [6.45, 7) is 1.07. The van der Waals surface area contributed by atoms with E-state index in [1.165, 1.54) is 12.8 Å². The third-order valence-electron chi connectivity index (χ3n) is 3.72. The predicted octanol–water partition coefficient (Wildman–Crippen LogP) is 2.64. The van der Waals surface area contributed by atoms with E-state index in [4.69, 9.17) is 4.42 Å². The Labute approximate surface area is 110 Å². The highest BCUT2D eigenvalue weighted by Gasteiger charge is 2.21. The summed E-state index contributed by atoms with van der Waals surface area (Å²) in [7, 11) is 0. The number of rotatable bonds is 2. The van der Waals surface area contributed by atoms with Crippen molar-refractivity contribution >= 4 is 11.1 Å². The molecule has 1 aromatic carbocycles. The minimum Gasteiger partial charge on any atom is -0.443 e. The second-order valence-electron chi connectivity index (χ2n) is 4.88. The Balaban J connectivity index is 1.80. The lowest BCUT2D eigenvalue weighted by molar-refractivity contribution is 0.602. The summed E-state index contributed by atoms with van der Waals surface area (Å²) >= 11 is 0. The molecule has 0 spiro atoms. The average Bonchev–Trinajstić information content (AvgIpc) is 3.18. The zero-order chi connectivity index (χ0) is 12.7. The highest BCUT2D eigenvalue weighted by atomic mass is 16.3. The molecule has 0 aliphatic carbocycles. The SMILES string of the molecule is c1nc2ccc(-c3cn[nH]c3C3CCCN3)cc2o1. The molecule has 1 saturated heterocycles. The maximum Gasteiger partial charge on any atom is 0.181 e. The van der Waals surface area contributed by atoms with Gasteiger partial charge in [-0.1, -0.05) is 6.07 Å². The molecule has 4 rings (SSSR count). The Morgan fingerprint density at radius 1 is 1.32 bits per heavy atom. The van der Waals surface area contributed by atoms with Gasteiger partial charge in [0.15, 0.2) is 12.0 Å². The Morgan fingerprint density at radius 2 is 2.32 bits per heavy atom. The lowest BCUT2D eigenvalue weighted by Crippen LogP contribution is -2.14. The number of hydrogen-bond donors (Lipinski definition) is 2. The molecule has 0 bridgehead atoms. The van der Waals surface area contributed by atoms with E-state index in [-0.39, 0.29) is 0 Å². The highest BCUT2D eigenvalue weighted by Crippen LogP contribution is 2.32. The van der Waals surface area contributed by atoms with Gasteiger partial charge in [-0.05, 0) is 37.1 Å². The van der Waals surface area contributed by atoms with E-state index in [1.54, 1.807) is 0 Å². The number of nitrogens with zero attached hydrogens (tertiary/aromatic N) is 2. The summed E-state index contributed by atoms with van der Waals surface area (Å²) in [6, 6.07) is 6.44. The summed E-state index contributed by atoms with van der Waals surface area (Å²) in [5.41, 5.74) is 5.10. The topological polar surface area (TPSA) is 66.7 Å². The molecular weight excluding hydrogens is 240 g/mol. The van der Waals surface area contributed by atoms with Gasteiger partial charge in [-0.25, -0.2) is 4.98 Å². The molecule has 2 aromatic heterocycles. The smallest absolute Gasteiger partial charge is 0.181 e.